The first-order chi connectivity index (χ1) is 14.9. The maximum absolute atomic E-state index is 12.6. The average Bonchev–Trinajstić information content (AvgIpc) is 2.96. The van der Waals surface area contributed by atoms with E-state index < -0.39 is 33.8 Å². The van der Waals surface area contributed by atoms with Crippen LogP contribution in [0.15, 0.2) is 35.2 Å². The van der Waals surface area contributed by atoms with Gasteiger partial charge < -0.3 is 5.32 Å². The molecule has 2 N–H and O–H groups in total. The number of halogens is 2. The van der Waals surface area contributed by atoms with Crippen molar-refractivity contribution in [2.24, 2.45) is 0 Å². The summed E-state index contributed by atoms with van der Waals surface area (Å²) in [6.07, 6.45) is 0. The molecule has 3 rings (SSSR count). The van der Waals surface area contributed by atoms with Gasteiger partial charge in [-0.2, -0.15) is 0 Å². The Hall–Kier alpha value is -2.46. The van der Waals surface area contributed by atoms with E-state index in [0.29, 0.717) is 5.56 Å². The Morgan fingerprint density at radius 3 is 2.12 bits per heavy atom. The Kier molecular flexibility index (Phi) is 6.94. The van der Waals surface area contributed by atoms with Crippen molar-refractivity contribution in [3.63, 3.8) is 0 Å². The third-order valence-corrected chi connectivity index (χ3v) is 7.40. The number of aryl methyl sites for hydroxylation is 2. The van der Waals surface area contributed by atoms with Gasteiger partial charge in [-0.25, -0.2) is 13.1 Å². The summed E-state index contributed by atoms with van der Waals surface area (Å²) in [5, 5.41) is 2.79. The first kappa shape index (κ1) is 24.2. The van der Waals surface area contributed by atoms with Gasteiger partial charge in [-0.3, -0.25) is 19.3 Å². The molecule has 0 saturated carbocycles. The lowest BCUT2D eigenvalue weighted by atomic mass is 10.1. The molecule has 2 aromatic carbocycles. The molecule has 32 heavy (non-hydrogen) atoms. The van der Waals surface area contributed by atoms with Gasteiger partial charge in [0.05, 0.1) is 26.1 Å². The van der Waals surface area contributed by atoms with Gasteiger partial charge >= 0.3 is 0 Å². The van der Waals surface area contributed by atoms with E-state index in [2.05, 4.69) is 10.0 Å². The minimum Gasteiger partial charge on any atom is -0.353 e. The van der Waals surface area contributed by atoms with Crippen LogP contribution in [-0.2, 0) is 14.8 Å². The van der Waals surface area contributed by atoms with Crippen LogP contribution in [0.25, 0.3) is 0 Å². The van der Waals surface area contributed by atoms with Gasteiger partial charge in [-0.05, 0) is 50.1 Å². The van der Waals surface area contributed by atoms with Crippen LogP contribution in [-0.4, -0.2) is 50.2 Å². The molecule has 1 aliphatic heterocycles. The Balaban J connectivity index is 1.60. The van der Waals surface area contributed by atoms with E-state index in [-0.39, 0.29) is 39.2 Å². The second-order valence-corrected chi connectivity index (χ2v) is 9.98. The van der Waals surface area contributed by atoms with E-state index in [4.69, 9.17) is 23.2 Å². The molecule has 0 bridgehead atoms. The Morgan fingerprint density at radius 1 is 1.00 bits per heavy atom. The van der Waals surface area contributed by atoms with Crippen molar-refractivity contribution >= 4 is 50.9 Å². The Morgan fingerprint density at radius 2 is 1.56 bits per heavy atom. The summed E-state index contributed by atoms with van der Waals surface area (Å²) < 4.78 is 27.5. The third kappa shape index (κ3) is 4.66. The number of hydrogen-bond donors (Lipinski definition) is 2. The van der Waals surface area contributed by atoms with Gasteiger partial charge in [0.25, 0.3) is 11.8 Å². The smallest absolute Gasteiger partial charge is 0.262 e. The number of rotatable bonds is 7. The van der Waals surface area contributed by atoms with E-state index in [9.17, 15) is 22.8 Å². The molecular formula is C21H21Cl2N3O5S. The second kappa shape index (κ2) is 9.19. The second-order valence-electron chi connectivity index (χ2n) is 7.43. The number of benzene rings is 2. The maximum atomic E-state index is 12.6. The fourth-order valence-corrected chi connectivity index (χ4v) is 5.00. The van der Waals surface area contributed by atoms with Gasteiger partial charge in [-0.1, -0.05) is 35.3 Å². The topological polar surface area (TPSA) is 113 Å². The van der Waals surface area contributed by atoms with Crippen molar-refractivity contribution < 1.29 is 22.8 Å². The largest absolute Gasteiger partial charge is 0.353 e. The summed E-state index contributed by atoms with van der Waals surface area (Å²) in [7, 11) is -3.75. The third-order valence-electron chi connectivity index (χ3n) is 5.08. The fraction of sp³-hybridized carbons (Fsp3) is 0.286. The first-order valence-corrected chi connectivity index (χ1v) is 11.9. The SMILES string of the molecule is Cc1ccc(C)c(S(=O)(=O)NCCNC(=O)C(C)N2C(=O)c3cc(Cl)c(Cl)cc3C2=O)c1. The molecule has 0 aromatic heterocycles. The quantitative estimate of drug-likeness (QED) is 0.450. The summed E-state index contributed by atoms with van der Waals surface area (Å²) in [4.78, 5) is 38.8. The molecule has 1 heterocycles. The summed E-state index contributed by atoms with van der Waals surface area (Å²) in [6, 6.07) is 6.58. The number of carbonyl (C=O) groups excluding carboxylic acids is 3. The minimum atomic E-state index is -3.75. The number of nitrogens with zero attached hydrogens (tertiary/aromatic N) is 1. The summed E-state index contributed by atoms with van der Waals surface area (Å²) in [5.74, 6) is -1.91. The number of hydrogen-bond acceptors (Lipinski definition) is 5. The van der Waals surface area contributed by atoms with Crippen molar-refractivity contribution in [1.29, 1.82) is 0 Å². The molecule has 0 aliphatic carbocycles. The van der Waals surface area contributed by atoms with Crippen LogP contribution in [0.3, 0.4) is 0 Å². The fourth-order valence-electron chi connectivity index (χ4n) is 3.31. The molecule has 170 valence electrons. The summed E-state index contributed by atoms with van der Waals surface area (Å²) in [5.41, 5.74) is 1.56. The average molecular weight is 498 g/mol. The highest BCUT2D eigenvalue weighted by Gasteiger charge is 2.41. The van der Waals surface area contributed by atoms with E-state index >= 15 is 0 Å². The highest BCUT2D eigenvalue weighted by atomic mass is 35.5. The molecule has 1 atom stereocenters. The van der Waals surface area contributed by atoms with E-state index in [1.54, 1.807) is 26.0 Å². The molecule has 0 spiro atoms. The predicted molar refractivity (Wildman–Crippen MR) is 121 cm³/mol. The van der Waals surface area contributed by atoms with Crippen LogP contribution in [0, 0.1) is 13.8 Å². The molecule has 0 saturated heterocycles. The molecular weight excluding hydrogens is 477 g/mol. The van der Waals surface area contributed by atoms with Gasteiger partial charge in [0.2, 0.25) is 15.9 Å². The standard InChI is InChI=1S/C21H21Cl2N3O5S/c1-11-4-5-12(2)18(8-11)32(30,31)25-7-6-24-19(27)13(3)26-20(28)14-9-16(22)17(23)10-15(14)21(26)29/h4-5,8-10,13,25H,6-7H2,1-3H3,(H,24,27). The van der Waals surface area contributed by atoms with Crippen LogP contribution in [0.1, 0.15) is 38.8 Å². The van der Waals surface area contributed by atoms with Crippen LogP contribution in [0.5, 0.6) is 0 Å². The summed E-state index contributed by atoms with van der Waals surface area (Å²) in [6.45, 7) is 4.79. The minimum absolute atomic E-state index is 0.0336. The normalized spacial score (nSPS) is 14.5. The van der Waals surface area contributed by atoms with Crippen LogP contribution < -0.4 is 10.0 Å². The Bertz CT molecular complexity index is 1190. The molecule has 0 radical (unpaired) electrons. The maximum Gasteiger partial charge on any atom is 0.262 e. The summed E-state index contributed by atoms with van der Waals surface area (Å²) >= 11 is 11.9. The molecule has 2 aromatic rings. The molecule has 8 nitrogen and oxygen atoms in total. The molecule has 1 aliphatic rings. The number of amides is 3. The van der Waals surface area contributed by atoms with Crippen molar-refractivity contribution in [3.05, 3.63) is 62.6 Å². The van der Waals surface area contributed by atoms with Crippen molar-refractivity contribution in [1.82, 2.24) is 14.9 Å². The van der Waals surface area contributed by atoms with E-state index in [1.165, 1.54) is 19.1 Å². The monoisotopic (exact) mass is 497 g/mol. The Labute approximate surface area is 195 Å². The van der Waals surface area contributed by atoms with Crippen molar-refractivity contribution in [2.75, 3.05) is 13.1 Å². The number of nitrogens with one attached hydrogen (secondary N) is 2. The van der Waals surface area contributed by atoms with Gasteiger partial charge in [0, 0.05) is 13.1 Å². The number of fused-ring (bicyclic) bond motifs is 1. The molecule has 0 fully saturated rings. The lowest BCUT2D eigenvalue weighted by Crippen LogP contribution is -2.49. The highest BCUT2D eigenvalue weighted by Crippen LogP contribution is 2.32. The van der Waals surface area contributed by atoms with Gasteiger partial charge in [0.1, 0.15) is 6.04 Å². The van der Waals surface area contributed by atoms with Crippen LogP contribution >= 0.6 is 23.2 Å². The van der Waals surface area contributed by atoms with Crippen LogP contribution in [0.2, 0.25) is 10.0 Å². The lowest BCUT2D eigenvalue weighted by Gasteiger charge is -2.21. The molecule has 1 unspecified atom stereocenters. The van der Waals surface area contributed by atoms with E-state index in [0.717, 1.165) is 10.5 Å². The number of imide groups is 1. The molecule has 11 heteroatoms. The zero-order valence-corrected chi connectivity index (χ0v) is 19.9. The van der Waals surface area contributed by atoms with E-state index in [1.807, 2.05) is 6.07 Å². The zero-order chi connectivity index (χ0) is 23.8. The molecule has 3 amide bonds. The van der Waals surface area contributed by atoms with Gasteiger partial charge in [0.15, 0.2) is 0 Å². The zero-order valence-electron chi connectivity index (χ0n) is 17.5. The number of carbonyl (C=O) groups is 3. The predicted octanol–water partition coefficient (Wildman–Crippen LogP) is 2.69. The van der Waals surface area contributed by atoms with Crippen LogP contribution in [0.4, 0.5) is 0 Å². The van der Waals surface area contributed by atoms with Crippen molar-refractivity contribution in [3.8, 4) is 0 Å². The highest BCUT2D eigenvalue weighted by molar-refractivity contribution is 7.89. The first-order valence-electron chi connectivity index (χ1n) is 9.65. The van der Waals surface area contributed by atoms with Gasteiger partial charge in [-0.15, -0.1) is 0 Å². The lowest BCUT2D eigenvalue weighted by molar-refractivity contribution is -0.124. The van der Waals surface area contributed by atoms with Crippen molar-refractivity contribution in [2.45, 2.75) is 31.7 Å². The number of sulfonamides is 1.